The number of nitrogens with zero attached hydrogens (tertiary/aromatic N) is 2. The Labute approximate surface area is 81.3 Å². The van der Waals surface area contributed by atoms with E-state index in [0.717, 1.165) is 26.1 Å². The van der Waals surface area contributed by atoms with Crippen molar-refractivity contribution in [3.05, 3.63) is 0 Å². The standard InChI is InChI=1S/C10H22N2O/c1-4-5-12-8-10(13)6-9(12)7-11(2)3/h9-10,13H,4-8H2,1-3H3. The van der Waals surface area contributed by atoms with Crippen molar-refractivity contribution < 1.29 is 5.11 Å². The average molecular weight is 186 g/mol. The second-order valence-electron chi connectivity index (χ2n) is 4.30. The van der Waals surface area contributed by atoms with E-state index < -0.39 is 0 Å². The van der Waals surface area contributed by atoms with Gasteiger partial charge >= 0.3 is 0 Å². The maximum atomic E-state index is 9.55. The van der Waals surface area contributed by atoms with Crippen LogP contribution in [0.3, 0.4) is 0 Å². The molecule has 0 aromatic carbocycles. The van der Waals surface area contributed by atoms with Gasteiger partial charge in [0.15, 0.2) is 0 Å². The van der Waals surface area contributed by atoms with Crippen LogP contribution >= 0.6 is 0 Å². The fourth-order valence-electron chi connectivity index (χ4n) is 2.13. The van der Waals surface area contributed by atoms with Crippen molar-refractivity contribution in [2.45, 2.75) is 31.9 Å². The smallest absolute Gasteiger partial charge is 0.0682 e. The minimum atomic E-state index is -0.100. The minimum absolute atomic E-state index is 0.100. The second-order valence-corrected chi connectivity index (χ2v) is 4.30. The zero-order chi connectivity index (χ0) is 9.84. The third-order valence-electron chi connectivity index (χ3n) is 2.59. The zero-order valence-electron chi connectivity index (χ0n) is 9.03. The highest BCUT2D eigenvalue weighted by Gasteiger charge is 2.29. The number of hydrogen-bond acceptors (Lipinski definition) is 3. The molecule has 1 heterocycles. The van der Waals surface area contributed by atoms with Crippen molar-refractivity contribution in [1.29, 1.82) is 0 Å². The van der Waals surface area contributed by atoms with Gasteiger partial charge in [-0.05, 0) is 33.5 Å². The van der Waals surface area contributed by atoms with Gasteiger partial charge in [-0.15, -0.1) is 0 Å². The molecule has 1 aliphatic heterocycles. The normalized spacial score (nSPS) is 30.2. The molecule has 1 N–H and O–H groups in total. The quantitative estimate of drug-likeness (QED) is 0.688. The fraction of sp³-hybridized carbons (Fsp3) is 1.00. The van der Waals surface area contributed by atoms with Gasteiger partial charge in [0.05, 0.1) is 6.10 Å². The van der Waals surface area contributed by atoms with E-state index in [9.17, 15) is 5.11 Å². The van der Waals surface area contributed by atoms with Gasteiger partial charge in [0.1, 0.15) is 0 Å². The van der Waals surface area contributed by atoms with E-state index in [1.54, 1.807) is 0 Å². The van der Waals surface area contributed by atoms with Crippen molar-refractivity contribution in [1.82, 2.24) is 9.80 Å². The van der Waals surface area contributed by atoms with E-state index >= 15 is 0 Å². The topological polar surface area (TPSA) is 26.7 Å². The summed E-state index contributed by atoms with van der Waals surface area (Å²) in [6, 6.07) is 0.560. The predicted octanol–water partition coefficient (Wildman–Crippen LogP) is 0.393. The van der Waals surface area contributed by atoms with Crippen LogP contribution in [-0.2, 0) is 0 Å². The van der Waals surface area contributed by atoms with Crippen molar-refractivity contribution in [2.24, 2.45) is 0 Å². The van der Waals surface area contributed by atoms with Gasteiger partial charge in [0.25, 0.3) is 0 Å². The van der Waals surface area contributed by atoms with Gasteiger partial charge in [0.2, 0.25) is 0 Å². The van der Waals surface area contributed by atoms with Crippen LogP contribution in [0, 0.1) is 0 Å². The summed E-state index contributed by atoms with van der Waals surface area (Å²) in [7, 11) is 4.18. The van der Waals surface area contributed by atoms with Crippen LogP contribution in [0.4, 0.5) is 0 Å². The van der Waals surface area contributed by atoms with E-state index in [4.69, 9.17) is 0 Å². The highest BCUT2D eigenvalue weighted by molar-refractivity contribution is 4.85. The molecule has 3 heteroatoms. The Hall–Kier alpha value is -0.120. The lowest BCUT2D eigenvalue weighted by molar-refractivity contribution is 0.173. The fourth-order valence-corrected chi connectivity index (χ4v) is 2.13. The molecule has 0 aromatic rings. The zero-order valence-corrected chi connectivity index (χ0v) is 9.03. The molecule has 13 heavy (non-hydrogen) atoms. The Balaban J connectivity index is 2.40. The summed E-state index contributed by atoms with van der Waals surface area (Å²) in [4.78, 5) is 4.61. The number of likely N-dealkylation sites (tertiary alicyclic amines) is 1. The van der Waals surface area contributed by atoms with Crippen LogP contribution in [-0.4, -0.2) is 60.8 Å². The molecule has 0 bridgehead atoms. The summed E-state index contributed by atoms with van der Waals surface area (Å²) >= 11 is 0. The molecule has 2 atom stereocenters. The van der Waals surface area contributed by atoms with E-state index in [-0.39, 0.29) is 6.10 Å². The molecule has 78 valence electrons. The summed E-state index contributed by atoms with van der Waals surface area (Å²) in [5.41, 5.74) is 0. The monoisotopic (exact) mass is 186 g/mol. The third-order valence-corrected chi connectivity index (χ3v) is 2.59. The second kappa shape index (κ2) is 4.94. The lowest BCUT2D eigenvalue weighted by Gasteiger charge is -2.25. The molecule has 2 unspecified atom stereocenters. The first-order chi connectivity index (χ1) is 6.13. The van der Waals surface area contributed by atoms with Crippen LogP contribution in [0.5, 0.6) is 0 Å². The van der Waals surface area contributed by atoms with E-state index in [1.165, 1.54) is 6.42 Å². The Bertz CT molecular complexity index is 150. The third kappa shape index (κ3) is 3.25. The average Bonchev–Trinajstić information content (AvgIpc) is 2.31. The number of aliphatic hydroxyl groups excluding tert-OH is 1. The molecule has 1 saturated heterocycles. The molecule has 3 nitrogen and oxygen atoms in total. The number of hydrogen-bond donors (Lipinski definition) is 1. The van der Waals surface area contributed by atoms with Gasteiger partial charge in [-0.1, -0.05) is 6.92 Å². The van der Waals surface area contributed by atoms with Crippen LogP contribution in [0.25, 0.3) is 0 Å². The van der Waals surface area contributed by atoms with Gasteiger partial charge in [-0.2, -0.15) is 0 Å². The number of β-amino-alcohol motifs (C(OH)–C–C–N with tert-alkyl or cyclic N) is 1. The summed E-state index contributed by atoms with van der Waals surface area (Å²) in [6.45, 7) is 5.25. The molecule has 1 aliphatic rings. The molecule has 1 rings (SSSR count). The Morgan fingerprint density at radius 2 is 2.15 bits per heavy atom. The number of likely N-dealkylation sites (N-methyl/N-ethyl adjacent to an activating group) is 1. The first kappa shape index (κ1) is 11.0. The molecule has 0 aromatic heterocycles. The van der Waals surface area contributed by atoms with E-state index in [2.05, 4.69) is 30.8 Å². The number of rotatable bonds is 4. The molecule has 1 fully saturated rings. The predicted molar refractivity (Wildman–Crippen MR) is 54.8 cm³/mol. The van der Waals surface area contributed by atoms with Crippen LogP contribution in [0.1, 0.15) is 19.8 Å². The van der Waals surface area contributed by atoms with Gasteiger partial charge < -0.3 is 10.0 Å². The largest absolute Gasteiger partial charge is 0.392 e. The molecule has 0 radical (unpaired) electrons. The van der Waals surface area contributed by atoms with E-state index in [0.29, 0.717) is 6.04 Å². The SMILES string of the molecule is CCCN1CC(O)CC1CN(C)C. The van der Waals surface area contributed by atoms with Gasteiger partial charge in [-0.25, -0.2) is 0 Å². The first-order valence-corrected chi connectivity index (χ1v) is 5.20. The van der Waals surface area contributed by atoms with E-state index in [1.807, 2.05) is 0 Å². The Kier molecular flexibility index (Phi) is 4.16. The summed E-state index contributed by atoms with van der Waals surface area (Å²) in [5.74, 6) is 0. The maximum Gasteiger partial charge on any atom is 0.0682 e. The molecule has 0 amide bonds. The highest BCUT2D eigenvalue weighted by Crippen LogP contribution is 2.18. The molecule has 0 aliphatic carbocycles. The molecular weight excluding hydrogens is 164 g/mol. The van der Waals surface area contributed by atoms with Crippen molar-refractivity contribution in [2.75, 3.05) is 33.7 Å². The van der Waals surface area contributed by atoms with Crippen molar-refractivity contribution in [3.8, 4) is 0 Å². The molecule has 0 spiro atoms. The Morgan fingerprint density at radius 3 is 2.69 bits per heavy atom. The van der Waals surface area contributed by atoms with Crippen molar-refractivity contribution in [3.63, 3.8) is 0 Å². The molecular formula is C10H22N2O. The lowest BCUT2D eigenvalue weighted by atomic mass is 10.2. The number of aliphatic hydroxyl groups is 1. The van der Waals surface area contributed by atoms with Gasteiger partial charge in [0, 0.05) is 19.1 Å². The van der Waals surface area contributed by atoms with Crippen LogP contribution in [0.2, 0.25) is 0 Å². The molecule has 0 saturated carbocycles. The van der Waals surface area contributed by atoms with Crippen molar-refractivity contribution >= 4 is 0 Å². The summed E-state index contributed by atoms with van der Waals surface area (Å²) in [6.07, 6.45) is 2.02. The maximum absolute atomic E-state index is 9.55. The Morgan fingerprint density at radius 1 is 1.46 bits per heavy atom. The lowest BCUT2D eigenvalue weighted by Crippen LogP contribution is -2.37. The summed E-state index contributed by atoms with van der Waals surface area (Å²) < 4.78 is 0. The highest BCUT2D eigenvalue weighted by atomic mass is 16.3. The first-order valence-electron chi connectivity index (χ1n) is 5.20. The van der Waals surface area contributed by atoms with Gasteiger partial charge in [-0.3, -0.25) is 4.90 Å². The minimum Gasteiger partial charge on any atom is -0.392 e. The van der Waals surface area contributed by atoms with Crippen LogP contribution in [0.15, 0.2) is 0 Å². The summed E-state index contributed by atoms with van der Waals surface area (Å²) in [5, 5.41) is 9.55. The van der Waals surface area contributed by atoms with Crippen LogP contribution < -0.4 is 0 Å².